The molecule has 1 aromatic carbocycles. The SMILES string of the molecule is C/C=C(\C)C(CCC)c1ccccc1. The first-order valence-electron chi connectivity index (χ1n) is 5.47. The summed E-state index contributed by atoms with van der Waals surface area (Å²) in [7, 11) is 0. The van der Waals surface area contributed by atoms with Crippen LogP contribution in [0.5, 0.6) is 0 Å². The van der Waals surface area contributed by atoms with Crippen LogP contribution < -0.4 is 0 Å². The molecule has 14 heavy (non-hydrogen) atoms. The van der Waals surface area contributed by atoms with Crippen LogP contribution in [-0.4, -0.2) is 0 Å². The highest BCUT2D eigenvalue weighted by atomic mass is 14.1. The van der Waals surface area contributed by atoms with Gasteiger partial charge >= 0.3 is 0 Å². The lowest BCUT2D eigenvalue weighted by Crippen LogP contribution is -1.99. The first kappa shape index (κ1) is 11.0. The largest absolute Gasteiger partial charge is 0.0881 e. The van der Waals surface area contributed by atoms with Crippen LogP contribution in [0.1, 0.15) is 45.1 Å². The van der Waals surface area contributed by atoms with Gasteiger partial charge in [-0.2, -0.15) is 0 Å². The third kappa shape index (κ3) is 2.73. The molecule has 0 bridgehead atoms. The van der Waals surface area contributed by atoms with Crippen molar-refractivity contribution in [3.63, 3.8) is 0 Å². The summed E-state index contributed by atoms with van der Waals surface area (Å²) in [6, 6.07) is 10.8. The van der Waals surface area contributed by atoms with Crippen LogP contribution in [-0.2, 0) is 0 Å². The Kier molecular flexibility index (Phi) is 4.45. The van der Waals surface area contributed by atoms with Gasteiger partial charge in [0.2, 0.25) is 0 Å². The topological polar surface area (TPSA) is 0 Å². The maximum Gasteiger partial charge on any atom is 0.00451 e. The van der Waals surface area contributed by atoms with E-state index >= 15 is 0 Å². The van der Waals surface area contributed by atoms with E-state index in [1.54, 1.807) is 0 Å². The van der Waals surface area contributed by atoms with Gasteiger partial charge in [-0.3, -0.25) is 0 Å². The highest BCUT2D eigenvalue weighted by Gasteiger charge is 2.10. The summed E-state index contributed by atoms with van der Waals surface area (Å²) in [5.74, 6) is 0.617. The minimum Gasteiger partial charge on any atom is -0.0881 e. The van der Waals surface area contributed by atoms with Crippen molar-refractivity contribution in [3.8, 4) is 0 Å². The van der Waals surface area contributed by atoms with Crippen molar-refractivity contribution in [1.29, 1.82) is 0 Å². The second kappa shape index (κ2) is 5.64. The average Bonchev–Trinajstić information content (AvgIpc) is 2.26. The van der Waals surface area contributed by atoms with E-state index in [1.165, 1.54) is 24.0 Å². The van der Waals surface area contributed by atoms with Crippen molar-refractivity contribution < 1.29 is 0 Å². The molecule has 0 N–H and O–H groups in total. The van der Waals surface area contributed by atoms with Gasteiger partial charge in [0.05, 0.1) is 0 Å². The van der Waals surface area contributed by atoms with Crippen LogP contribution >= 0.6 is 0 Å². The Hall–Kier alpha value is -1.04. The first-order valence-corrected chi connectivity index (χ1v) is 5.47. The fourth-order valence-corrected chi connectivity index (χ4v) is 1.83. The average molecular weight is 188 g/mol. The zero-order valence-electron chi connectivity index (χ0n) is 9.46. The maximum atomic E-state index is 2.25. The molecule has 0 saturated heterocycles. The van der Waals surface area contributed by atoms with E-state index in [1.807, 2.05) is 0 Å². The predicted molar refractivity (Wildman–Crippen MR) is 63.5 cm³/mol. The third-order valence-electron chi connectivity index (χ3n) is 2.78. The zero-order valence-corrected chi connectivity index (χ0v) is 9.46. The summed E-state index contributed by atoms with van der Waals surface area (Å²) in [6.45, 7) is 6.60. The molecule has 1 unspecified atom stereocenters. The van der Waals surface area contributed by atoms with Gasteiger partial charge in [-0.15, -0.1) is 0 Å². The minimum absolute atomic E-state index is 0.617. The molecule has 1 atom stereocenters. The lowest BCUT2D eigenvalue weighted by Gasteiger charge is -2.17. The highest BCUT2D eigenvalue weighted by Crippen LogP contribution is 2.28. The number of benzene rings is 1. The Morgan fingerprint density at radius 1 is 1.29 bits per heavy atom. The molecule has 0 heterocycles. The molecule has 76 valence electrons. The van der Waals surface area contributed by atoms with Gasteiger partial charge in [0.1, 0.15) is 0 Å². The van der Waals surface area contributed by atoms with Crippen LogP contribution in [0.15, 0.2) is 42.0 Å². The van der Waals surface area contributed by atoms with E-state index in [2.05, 4.69) is 57.2 Å². The Balaban J connectivity index is 2.89. The summed E-state index contributed by atoms with van der Waals surface area (Å²) in [5.41, 5.74) is 2.93. The molecule has 0 aromatic heterocycles. The molecular weight excluding hydrogens is 168 g/mol. The van der Waals surface area contributed by atoms with Crippen molar-refractivity contribution in [3.05, 3.63) is 47.5 Å². The molecule has 0 saturated carbocycles. The summed E-state index contributed by atoms with van der Waals surface area (Å²) >= 11 is 0. The van der Waals surface area contributed by atoms with E-state index < -0.39 is 0 Å². The lowest BCUT2D eigenvalue weighted by molar-refractivity contribution is 0.685. The summed E-state index contributed by atoms with van der Waals surface area (Å²) in [5, 5.41) is 0. The van der Waals surface area contributed by atoms with Crippen molar-refractivity contribution in [2.45, 2.75) is 39.5 Å². The van der Waals surface area contributed by atoms with Gasteiger partial charge < -0.3 is 0 Å². The van der Waals surface area contributed by atoms with Gasteiger partial charge in [-0.05, 0) is 25.8 Å². The molecule has 0 aliphatic rings. The quantitative estimate of drug-likeness (QED) is 0.609. The molecule has 0 aliphatic carbocycles. The molecule has 0 radical (unpaired) electrons. The Labute approximate surface area is 87.7 Å². The van der Waals surface area contributed by atoms with Crippen molar-refractivity contribution in [2.24, 2.45) is 0 Å². The standard InChI is InChI=1S/C14H20/c1-4-9-14(12(3)5-2)13-10-7-6-8-11-13/h5-8,10-11,14H,4,9H2,1-3H3/b12-5+. The van der Waals surface area contributed by atoms with Crippen LogP contribution in [0.4, 0.5) is 0 Å². The van der Waals surface area contributed by atoms with Gasteiger partial charge in [0, 0.05) is 5.92 Å². The van der Waals surface area contributed by atoms with Crippen LogP contribution in [0.3, 0.4) is 0 Å². The van der Waals surface area contributed by atoms with E-state index in [9.17, 15) is 0 Å². The number of hydrogen-bond donors (Lipinski definition) is 0. The molecule has 0 heteroatoms. The number of allylic oxidation sites excluding steroid dienone is 2. The van der Waals surface area contributed by atoms with Crippen LogP contribution in [0.2, 0.25) is 0 Å². The Morgan fingerprint density at radius 2 is 1.93 bits per heavy atom. The lowest BCUT2D eigenvalue weighted by atomic mass is 9.88. The Bertz CT molecular complexity index is 282. The van der Waals surface area contributed by atoms with Crippen molar-refractivity contribution in [1.82, 2.24) is 0 Å². The smallest absolute Gasteiger partial charge is 0.00451 e. The van der Waals surface area contributed by atoms with Gasteiger partial charge in [-0.1, -0.05) is 55.3 Å². The minimum atomic E-state index is 0.617. The fourth-order valence-electron chi connectivity index (χ4n) is 1.83. The third-order valence-corrected chi connectivity index (χ3v) is 2.78. The molecule has 0 nitrogen and oxygen atoms in total. The molecule has 0 fully saturated rings. The summed E-state index contributed by atoms with van der Waals surface area (Å²) in [6.07, 6.45) is 4.72. The van der Waals surface area contributed by atoms with Gasteiger partial charge in [0.25, 0.3) is 0 Å². The summed E-state index contributed by atoms with van der Waals surface area (Å²) < 4.78 is 0. The predicted octanol–water partition coefficient (Wildman–Crippen LogP) is 4.54. The molecule has 1 aromatic rings. The maximum absolute atomic E-state index is 2.25. The summed E-state index contributed by atoms with van der Waals surface area (Å²) in [4.78, 5) is 0. The van der Waals surface area contributed by atoms with Crippen LogP contribution in [0, 0.1) is 0 Å². The van der Waals surface area contributed by atoms with Gasteiger partial charge in [-0.25, -0.2) is 0 Å². The number of rotatable bonds is 4. The van der Waals surface area contributed by atoms with Crippen molar-refractivity contribution >= 4 is 0 Å². The first-order chi connectivity index (χ1) is 6.79. The zero-order chi connectivity index (χ0) is 10.4. The molecule has 0 spiro atoms. The molecule has 0 aliphatic heterocycles. The van der Waals surface area contributed by atoms with E-state index in [0.29, 0.717) is 5.92 Å². The molecule has 0 amide bonds. The van der Waals surface area contributed by atoms with Gasteiger partial charge in [0.15, 0.2) is 0 Å². The normalized spacial score (nSPS) is 14.1. The van der Waals surface area contributed by atoms with E-state index in [-0.39, 0.29) is 0 Å². The monoisotopic (exact) mass is 188 g/mol. The molecule has 1 rings (SSSR count). The second-order valence-corrected chi connectivity index (χ2v) is 3.78. The van der Waals surface area contributed by atoms with Crippen LogP contribution in [0.25, 0.3) is 0 Å². The molecular formula is C14H20. The van der Waals surface area contributed by atoms with E-state index in [4.69, 9.17) is 0 Å². The Morgan fingerprint density at radius 3 is 2.43 bits per heavy atom. The highest BCUT2D eigenvalue weighted by molar-refractivity contribution is 5.27. The fraction of sp³-hybridized carbons (Fsp3) is 0.429. The van der Waals surface area contributed by atoms with Crippen molar-refractivity contribution in [2.75, 3.05) is 0 Å². The second-order valence-electron chi connectivity index (χ2n) is 3.78. The van der Waals surface area contributed by atoms with E-state index in [0.717, 1.165) is 0 Å². The number of hydrogen-bond acceptors (Lipinski definition) is 0.